The minimum absolute atomic E-state index is 0.324. The van der Waals surface area contributed by atoms with Gasteiger partial charge in [-0.1, -0.05) is 43.4 Å². The summed E-state index contributed by atoms with van der Waals surface area (Å²) in [7, 11) is -1.52. The highest BCUT2D eigenvalue weighted by Crippen LogP contribution is 2.36. The first-order valence-corrected chi connectivity index (χ1v) is 10.5. The third-order valence-electron chi connectivity index (χ3n) is 3.17. The lowest BCUT2D eigenvalue weighted by Crippen LogP contribution is -2.40. The molecule has 0 heterocycles. The van der Waals surface area contributed by atoms with Crippen LogP contribution in [0.25, 0.3) is 0 Å². The van der Waals surface area contributed by atoms with E-state index in [4.69, 9.17) is 9.16 Å². The molecule has 0 aliphatic rings. The van der Waals surface area contributed by atoms with E-state index in [1.165, 1.54) is 0 Å². The average Bonchev–Trinajstić information content (AvgIpc) is 2.14. The predicted molar refractivity (Wildman–Crippen MR) is 82.1 cm³/mol. The summed E-state index contributed by atoms with van der Waals surface area (Å²) in [5, 5.41) is 0.324. The van der Waals surface area contributed by atoms with Gasteiger partial charge in [0.25, 0.3) is 0 Å². The highest BCUT2D eigenvalue weighted by atomic mass is 127. The van der Waals surface area contributed by atoms with Crippen LogP contribution >= 0.6 is 22.6 Å². The molecule has 0 fully saturated rings. The summed E-state index contributed by atoms with van der Waals surface area (Å²) >= 11 is 2.33. The molecule has 0 aromatic rings. The molecule has 98 valence electrons. The van der Waals surface area contributed by atoms with E-state index in [0.717, 1.165) is 37.1 Å². The van der Waals surface area contributed by atoms with Crippen molar-refractivity contribution < 1.29 is 9.16 Å². The van der Waals surface area contributed by atoms with Gasteiger partial charge in [0.05, 0.1) is 6.61 Å². The fraction of sp³-hybridized carbons (Fsp3) is 1.00. The van der Waals surface area contributed by atoms with Gasteiger partial charge in [-0.25, -0.2) is 0 Å². The van der Waals surface area contributed by atoms with E-state index in [1.54, 1.807) is 0 Å². The molecule has 0 amide bonds. The van der Waals surface area contributed by atoms with Gasteiger partial charge >= 0.3 is 0 Å². The Labute approximate surface area is 116 Å². The van der Waals surface area contributed by atoms with E-state index in [1.807, 2.05) is 0 Å². The van der Waals surface area contributed by atoms with Crippen molar-refractivity contribution >= 4 is 30.9 Å². The van der Waals surface area contributed by atoms with Crippen LogP contribution in [0.3, 0.4) is 0 Å². The molecule has 0 rings (SSSR count). The molecule has 0 aromatic heterocycles. The number of rotatable bonds is 8. The van der Waals surface area contributed by atoms with Gasteiger partial charge in [-0.3, -0.25) is 0 Å². The topological polar surface area (TPSA) is 18.5 Å². The Morgan fingerprint density at radius 1 is 1.00 bits per heavy atom. The lowest BCUT2D eigenvalue weighted by molar-refractivity contribution is 0.141. The average molecular weight is 358 g/mol. The number of alkyl halides is 1. The SMILES string of the molecule is CC(C)(C)[Si](C)(C)OCCCCOCCI. The number of hydrogen-bond donors (Lipinski definition) is 0. The molecule has 4 heteroatoms. The molecule has 16 heavy (non-hydrogen) atoms. The Morgan fingerprint density at radius 2 is 1.56 bits per heavy atom. The highest BCUT2D eigenvalue weighted by Gasteiger charge is 2.36. The first kappa shape index (κ1) is 16.9. The van der Waals surface area contributed by atoms with E-state index in [9.17, 15) is 0 Å². The second kappa shape index (κ2) is 8.05. The molecule has 0 bridgehead atoms. The molecule has 0 aliphatic heterocycles. The summed E-state index contributed by atoms with van der Waals surface area (Å²) in [5.74, 6) is 0. The molecule has 0 saturated heterocycles. The molecule has 0 aliphatic carbocycles. The standard InChI is InChI=1S/C12H27IO2Si/c1-12(2,3)16(4,5)15-10-7-6-9-14-11-8-13/h6-11H2,1-5H3. The maximum atomic E-state index is 6.08. The van der Waals surface area contributed by atoms with Crippen LogP contribution in [0.5, 0.6) is 0 Å². The van der Waals surface area contributed by atoms with Crippen LogP contribution in [-0.4, -0.2) is 32.6 Å². The van der Waals surface area contributed by atoms with Crippen molar-refractivity contribution in [3.63, 3.8) is 0 Å². The Morgan fingerprint density at radius 3 is 2.06 bits per heavy atom. The Kier molecular flexibility index (Phi) is 8.49. The normalized spacial score (nSPS) is 13.1. The first-order chi connectivity index (χ1) is 7.31. The van der Waals surface area contributed by atoms with Crippen molar-refractivity contribution in [3.05, 3.63) is 0 Å². The molecule has 0 spiro atoms. The van der Waals surface area contributed by atoms with E-state index >= 15 is 0 Å². The van der Waals surface area contributed by atoms with Crippen molar-refractivity contribution in [2.45, 2.75) is 51.7 Å². The quantitative estimate of drug-likeness (QED) is 0.280. The molecule has 0 radical (unpaired) electrons. The monoisotopic (exact) mass is 358 g/mol. The van der Waals surface area contributed by atoms with E-state index in [2.05, 4.69) is 56.5 Å². The number of ether oxygens (including phenoxy) is 1. The zero-order chi connectivity index (χ0) is 12.7. The van der Waals surface area contributed by atoms with E-state index < -0.39 is 8.32 Å². The summed E-state index contributed by atoms with van der Waals surface area (Å²) in [6.07, 6.45) is 2.24. The molecular formula is C12H27IO2Si. The zero-order valence-corrected chi connectivity index (χ0v) is 14.6. The fourth-order valence-electron chi connectivity index (χ4n) is 1.01. The summed E-state index contributed by atoms with van der Waals surface area (Å²) in [6, 6.07) is 0. The summed E-state index contributed by atoms with van der Waals surface area (Å²) < 4.78 is 12.6. The van der Waals surface area contributed by atoms with Crippen LogP contribution in [0.15, 0.2) is 0 Å². The maximum absolute atomic E-state index is 6.08. The molecule has 0 unspecified atom stereocenters. The third-order valence-corrected chi connectivity index (χ3v) is 8.15. The van der Waals surface area contributed by atoms with Crippen molar-refractivity contribution in [3.8, 4) is 0 Å². The van der Waals surface area contributed by atoms with Crippen LogP contribution in [0.2, 0.25) is 18.1 Å². The largest absolute Gasteiger partial charge is 0.417 e. The van der Waals surface area contributed by atoms with E-state index in [-0.39, 0.29) is 0 Å². The number of halogens is 1. The van der Waals surface area contributed by atoms with Gasteiger partial charge < -0.3 is 9.16 Å². The van der Waals surface area contributed by atoms with E-state index in [0.29, 0.717) is 5.04 Å². The Bertz CT molecular complexity index is 178. The minimum atomic E-state index is -1.52. The van der Waals surface area contributed by atoms with Crippen molar-refractivity contribution in [2.24, 2.45) is 0 Å². The maximum Gasteiger partial charge on any atom is 0.191 e. The molecule has 0 saturated carbocycles. The van der Waals surface area contributed by atoms with Crippen LogP contribution in [0, 0.1) is 0 Å². The number of hydrogen-bond acceptors (Lipinski definition) is 2. The van der Waals surface area contributed by atoms with Gasteiger partial charge in [-0.15, -0.1) is 0 Å². The summed E-state index contributed by atoms with van der Waals surface area (Å²) in [6.45, 7) is 14.1. The lowest BCUT2D eigenvalue weighted by atomic mass is 10.2. The number of unbranched alkanes of at least 4 members (excludes halogenated alkanes) is 1. The molecule has 0 N–H and O–H groups in total. The van der Waals surface area contributed by atoms with Gasteiger partial charge in [0, 0.05) is 17.6 Å². The Balaban J connectivity index is 3.51. The minimum Gasteiger partial charge on any atom is -0.417 e. The molecule has 2 nitrogen and oxygen atoms in total. The predicted octanol–water partition coefficient (Wildman–Crippen LogP) is 4.24. The van der Waals surface area contributed by atoms with Gasteiger partial charge in [0.2, 0.25) is 0 Å². The second-order valence-corrected chi connectivity index (χ2v) is 11.5. The molecule has 0 atom stereocenters. The first-order valence-electron chi connectivity index (χ1n) is 6.09. The fourth-order valence-corrected chi connectivity index (χ4v) is 2.41. The van der Waals surface area contributed by atoms with Gasteiger partial charge in [-0.05, 0) is 31.0 Å². The van der Waals surface area contributed by atoms with Gasteiger partial charge in [0.15, 0.2) is 8.32 Å². The van der Waals surface area contributed by atoms with Crippen molar-refractivity contribution in [1.29, 1.82) is 0 Å². The van der Waals surface area contributed by atoms with Crippen LogP contribution in [-0.2, 0) is 9.16 Å². The third kappa shape index (κ3) is 7.24. The van der Waals surface area contributed by atoms with Crippen molar-refractivity contribution in [2.75, 3.05) is 24.2 Å². The Hall–Kier alpha value is 0.867. The molecular weight excluding hydrogens is 331 g/mol. The van der Waals surface area contributed by atoms with Crippen LogP contribution < -0.4 is 0 Å². The lowest BCUT2D eigenvalue weighted by Gasteiger charge is -2.36. The second-order valence-electron chi connectivity index (χ2n) is 5.62. The smallest absolute Gasteiger partial charge is 0.191 e. The van der Waals surface area contributed by atoms with Crippen LogP contribution in [0.4, 0.5) is 0 Å². The van der Waals surface area contributed by atoms with Gasteiger partial charge in [0.1, 0.15) is 0 Å². The van der Waals surface area contributed by atoms with Gasteiger partial charge in [-0.2, -0.15) is 0 Å². The summed E-state index contributed by atoms with van der Waals surface area (Å²) in [4.78, 5) is 0. The van der Waals surface area contributed by atoms with Crippen LogP contribution in [0.1, 0.15) is 33.6 Å². The van der Waals surface area contributed by atoms with Crippen molar-refractivity contribution in [1.82, 2.24) is 0 Å². The summed E-state index contributed by atoms with van der Waals surface area (Å²) in [5.41, 5.74) is 0. The zero-order valence-electron chi connectivity index (χ0n) is 11.4. The highest BCUT2D eigenvalue weighted by molar-refractivity contribution is 14.1. The molecule has 0 aromatic carbocycles.